The van der Waals surface area contributed by atoms with Crippen molar-refractivity contribution in [3.05, 3.63) is 28.3 Å². The van der Waals surface area contributed by atoms with Gasteiger partial charge in [0.2, 0.25) is 0 Å². The van der Waals surface area contributed by atoms with Crippen molar-refractivity contribution >= 4 is 17.6 Å². The Morgan fingerprint density at radius 1 is 1.50 bits per heavy atom. The highest BCUT2D eigenvalue weighted by Crippen LogP contribution is 2.33. The van der Waals surface area contributed by atoms with Crippen LogP contribution in [0, 0.1) is 12.8 Å². The van der Waals surface area contributed by atoms with E-state index < -0.39 is 5.97 Å². The van der Waals surface area contributed by atoms with Gasteiger partial charge in [0.25, 0.3) is 0 Å². The molecule has 1 aliphatic carbocycles. The van der Waals surface area contributed by atoms with Crippen LogP contribution in [0.2, 0.25) is 5.02 Å². The van der Waals surface area contributed by atoms with E-state index in [1.54, 1.807) is 0 Å². The molecule has 0 saturated heterocycles. The molecule has 98 valence electrons. The summed E-state index contributed by atoms with van der Waals surface area (Å²) in [5.41, 5.74) is 1.61. The molecule has 1 aromatic rings. The first-order valence-electron chi connectivity index (χ1n) is 6.20. The van der Waals surface area contributed by atoms with Crippen LogP contribution < -0.4 is 4.74 Å². The van der Waals surface area contributed by atoms with Crippen molar-refractivity contribution in [3.63, 3.8) is 0 Å². The van der Waals surface area contributed by atoms with Gasteiger partial charge in [-0.05, 0) is 37.3 Å². The fraction of sp³-hybridized carbons (Fsp3) is 0.500. The molecule has 0 aromatic heterocycles. The van der Waals surface area contributed by atoms with E-state index in [9.17, 15) is 4.79 Å². The topological polar surface area (TPSA) is 46.5 Å². The summed E-state index contributed by atoms with van der Waals surface area (Å²) in [7, 11) is 0. The molecule has 2 rings (SSSR count). The molecule has 0 unspecified atom stereocenters. The number of hydrogen-bond acceptors (Lipinski definition) is 2. The first kappa shape index (κ1) is 13.2. The Balaban J connectivity index is 2.16. The quantitative estimate of drug-likeness (QED) is 0.890. The van der Waals surface area contributed by atoms with Crippen LogP contribution in [0.4, 0.5) is 0 Å². The average molecular weight is 269 g/mol. The van der Waals surface area contributed by atoms with E-state index in [0.717, 1.165) is 5.56 Å². The van der Waals surface area contributed by atoms with Crippen molar-refractivity contribution in [2.24, 2.45) is 5.92 Å². The lowest BCUT2D eigenvalue weighted by Gasteiger charge is -2.26. The van der Waals surface area contributed by atoms with Gasteiger partial charge in [-0.2, -0.15) is 0 Å². The van der Waals surface area contributed by atoms with Crippen molar-refractivity contribution in [2.45, 2.75) is 32.6 Å². The van der Waals surface area contributed by atoms with Crippen LogP contribution in [-0.4, -0.2) is 17.7 Å². The SMILES string of the molecule is Cc1cc(Cl)c(OCC2CCC2)c(CC(=O)O)c1. The normalized spacial score (nSPS) is 15.2. The van der Waals surface area contributed by atoms with Gasteiger partial charge < -0.3 is 9.84 Å². The van der Waals surface area contributed by atoms with Gasteiger partial charge in [-0.25, -0.2) is 0 Å². The van der Waals surface area contributed by atoms with Gasteiger partial charge in [-0.3, -0.25) is 4.79 Å². The minimum absolute atomic E-state index is 0.0542. The van der Waals surface area contributed by atoms with Crippen molar-refractivity contribution in [1.82, 2.24) is 0 Å². The van der Waals surface area contributed by atoms with Crippen LogP contribution in [0.3, 0.4) is 0 Å². The summed E-state index contributed by atoms with van der Waals surface area (Å²) in [6, 6.07) is 3.64. The molecular formula is C14H17ClO3. The zero-order valence-electron chi connectivity index (χ0n) is 10.4. The molecule has 0 spiro atoms. The molecule has 0 bridgehead atoms. The number of aliphatic carboxylic acids is 1. The van der Waals surface area contributed by atoms with Crippen LogP contribution in [0.25, 0.3) is 0 Å². The summed E-state index contributed by atoms with van der Waals surface area (Å²) in [6.07, 6.45) is 3.59. The molecule has 0 aliphatic heterocycles. The summed E-state index contributed by atoms with van der Waals surface area (Å²) in [4.78, 5) is 10.9. The second-order valence-corrected chi connectivity index (χ2v) is 5.32. The molecule has 18 heavy (non-hydrogen) atoms. The maximum absolute atomic E-state index is 10.9. The van der Waals surface area contributed by atoms with Crippen molar-refractivity contribution in [3.8, 4) is 5.75 Å². The number of ether oxygens (including phenoxy) is 1. The zero-order chi connectivity index (χ0) is 13.1. The van der Waals surface area contributed by atoms with Crippen LogP contribution in [0.15, 0.2) is 12.1 Å². The lowest BCUT2D eigenvalue weighted by Crippen LogP contribution is -2.20. The summed E-state index contributed by atoms with van der Waals surface area (Å²) in [5, 5.41) is 9.41. The standard InChI is InChI=1S/C14H17ClO3/c1-9-5-11(7-13(16)17)14(12(15)6-9)18-8-10-3-2-4-10/h5-6,10H,2-4,7-8H2,1H3,(H,16,17). The number of benzene rings is 1. The molecular weight excluding hydrogens is 252 g/mol. The summed E-state index contributed by atoms with van der Waals surface area (Å²) in [5.74, 6) is 0.266. The molecule has 1 aliphatic rings. The third-order valence-corrected chi connectivity index (χ3v) is 3.58. The number of hydrogen-bond donors (Lipinski definition) is 1. The molecule has 1 fully saturated rings. The van der Waals surface area contributed by atoms with Crippen LogP contribution in [0.1, 0.15) is 30.4 Å². The molecule has 1 saturated carbocycles. The van der Waals surface area contributed by atoms with Crippen LogP contribution >= 0.6 is 11.6 Å². The van der Waals surface area contributed by atoms with Gasteiger partial charge in [-0.15, -0.1) is 0 Å². The largest absolute Gasteiger partial charge is 0.491 e. The number of aryl methyl sites for hydroxylation is 1. The van der Waals surface area contributed by atoms with Gasteiger partial charge in [-0.1, -0.05) is 24.1 Å². The lowest BCUT2D eigenvalue weighted by molar-refractivity contribution is -0.136. The predicted molar refractivity (Wildman–Crippen MR) is 70.4 cm³/mol. The van der Waals surface area contributed by atoms with Gasteiger partial charge >= 0.3 is 5.97 Å². The van der Waals surface area contributed by atoms with E-state index in [1.807, 2.05) is 19.1 Å². The third-order valence-electron chi connectivity index (χ3n) is 3.29. The number of carbonyl (C=O) groups is 1. The predicted octanol–water partition coefficient (Wildman–Crippen LogP) is 3.45. The first-order valence-corrected chi connectivity index (χ1v) is 6.57. The minimum Gasteiger partial charge on any atom is -0.491 e. The average Bonchev–Trinajstić information content (AvgIpc) is 2.18. The van der Waals surface area contributed by atoms with Gasteiger partial charge in [0.05, 0.1) is 18.1 Å². The van der Waals surface area contributed by atoms with E-state index in [2.05, 4.69) is 0 Å². The number of carboxylic acids is 1. The Morgan fingerprint density at radius 3 is 2.78 bits per heavy atom. The number of rotatable bonds is 5. The number of carboxylic acid groups (broad SMARTS) is 1. The number of halogens is 1. The van der Waals surface area contributed by atoms with E-state index in [-0.39, 0.29) is 6.42 Å². The first-order chi connectivity index (χ1) is 8.56. The van der Waals surface area contributed by atoms with Crippen molar-refractivity contribution in [1.29, 1.82) is 0 Å². The molecule has 3 nitrogen and oxygen atoms in total. The monoisotopic (exact) mass is 268 g/mol. The summed E-state index contributed by atoms with van der Waals surface area (Å²) >= 11 is 6.14. The highest BCUT2D eigenvalue weighted by molar-refractivity contribution is 6.32. The molecule has 0 heterocycles. The fourth-order valence-corrected chi connectivity index (χ4v) is 2.47. The lowest BCUT2D eigenvalue weighted by atomic mass is 9.86. The maximum Gasteiger partial charge on any atom is 0.307 e. The van der Waals surface area contributed by atoms with E-state index in [4.69, 9.17) is 21.4 Å². The fourth-order valence-electron chi connectivity index (χ4n) is 2.12. The smallest absolute Gasteiger partial charge is 0.307 e. The molecule has 4 heteroatoms. The highest BCUT2D eigenvalue weighted by Gasteiger charge is 2.20. The van der Waals surface area contributed by atoms with Crippen molar-refractivity contribution in [2.75, 3.05) is 6.61 Å². The molecule has 0 radical (unpaired) electrons. The van der Waals surface area contributed by atoms with E-state index in [1.165, 1.54) is 19.3 Å². The maximum atomic E-state index is 10.9. The summed E-state index contributed by atoms with van der Waals surface area (Å²) < 4.78 is 5.73. The Kier molecular flexibility index (Phi) is 4.12. The Hall–Kier alpha value is -1.22. The Morgan fingerprint density at radius 2 is 2.22 bits per heavy atom. The van der Waals surface area contributed by atoms with Crippen LogP contribution in [-0.2, 0) is 11.2 Å². The summed E-state index contributed by atoms with van der Waals surface area (Å²) in [6.45, 7) is 2.53. The minimum atomic E-state index is -0.870. The van der Waals surface area contributed by atoms with E-state index >= 15 is 0 Å². The van der Waals surface area contributed by atoms with Crippen LogP contribution in [0.5, 0.6) is 5.75 Å². The van der Waals surface area contributed by atoms with Gasteiger partial charge in [0.15, 0.2) is 0 Å². The second kappa shape index (κ2) is 5.61. The van der Waals surface area contributed by atoms with Gasteiger partial charge in [0, 0.05) is 5.56 Å². The second-order valence-electron chi connectivity index (χ2n) is 4.91. The van der Waals surface area contributed by atoms with E-state index in [0.29, 0.717) is 28.9 Å². The highest BCUT2D eigenvalue weighted by atomic mass is 35.5. The van der Waals surface area contributed by atoms with Crippen molar-refractivity contribution < 1.29 is 14.6 Å². The molecule has 0 atom stereocenters. The molecule has 1 N–H and O–H groups in total. The Bertz CT molecular complexity index is 453. The molecule has 1 aromatic carbocycles. The zero-order valence-corrected chi connectivity index (χ0v) is 11.2. The third kappa shape index (κ3) is 3.16. The van der Waals surface area contributed by atoms with Gasteiger partial charge in [0.1, 0.15) is 5.75 Å². The Labute approximate surface area is 112 Å². The molecule has 0 amide bonds.